The lowest BCUT2D eigenvalue weighted by Gasteiger charge is -2.09. The lowest BCUT2D eigenvalue weighted by molar-refractivity contribution is 0.174. The molecule has 2 aromatic rings. The number of hydrogen-bond donors (Lipinski definition) is 2. The molecule has 0 atom stereocenters. The van der Waals surface area contributed by atoms with Gasteiger partial charge in [-0.05, 0) is 36.2 Å². The molecule has 134 valence electrons. The summed E-state index contributed by atoms with van der Waals surface area (Å²) < 4.78 is 36.9. The third kappa shape index (κ3) is 4.76. The van der Waals surface area contributed by atoms with Gasteiger partial charge in [0.15, 0.2) is 11.5 Å². The molecule has 1 aromatic heterocycles. The van der Waals surface area contributed by atoms with E-state index in [9.17, 15) is 8.42 Å². The number of fused-ring (bicyclic) bond motifs is 1. The molecule has 0 fully saturated rings. The molecule has 0 amide bonds. The SMILES string of the molecule is CCCCS(=O)(=O)Nc1ccc(NCc2ccc3c(c2)OCO3)nc1. The van der Waals surface area contributed by atoms with Gasteiger partial charge in [-0.2, -0.15) is 0 Å². The van der Waals surface area contributed by atoms with E-state index in [2.05, 4.69) is 15.0 Å². The van der Waals surface area contributed by atoms with Gasteiger partial charge in [0.2, 0.25) is 16.8 Å². The minimum atomic E-state index is -3.31. The third-order valence-corrected chi connectivity index (χ3v) is 5.09. The van der Waals surface area contributed by atoms with Gasteiger partial charge in [0.1, 0.15) is 5.82 Å². The second kappa shape index (κ2) is 7.60. The smallest absolute Gasteiger partial charge is 0.232 e. The summed E-state index contributed by atoms with van der Waals surface area (Å²) >= 11 is 0. The first-order chi connectivity index (χ1) is 12.1. The second-order valence-electron chi connectivity index (χ2n) is 5.75. The number of rotatable bonds is 8. The van der Waals surface area contributed by atoms with Gasteiger partial charge in [-0.15, -0.1) is 0 Å². The van der Waals surface area contributed by atoms with Crippen LogP contribution in [0, 0.1) is 0 Å². The summed E-state index contributed by atoms with van der Waals surface area (Å²) in [5.74, 6) is 2.27. The fourth-order valence-electron chi connectivity index (χ4n) is 2.37. The fourth-order valence-corrected chi connectivity index (χ4v) is 3.62. The van der Waals surface area contributed by atoms with Crippen LogP contribution in [0.5, 0.6) is 11.5 Å². The Labute approximate surface area is 147 Å². The number of sulfonamides is 1. The number of anilines is 2. The van der Waals surface area contributed by atoms with Gasteiger partial charge in [-0.25, -0.2) is 13.4 Å². The molecular formula is C17H21N3O4S. The highest BCUT2D eigenvalue weighted by molar-refractivity contribution is 7.92. The number of benzene rings is 1. The topological polar surface area (TPSA) is 89.6 Å². The first kappa shape index (κ1) is 17.3. The number of aromatic nitrogens is 1. The Bertz CT molecular complexity index is 822. The number of hydrogen-bond acceptors (Lipinski definition) is 6. The normalized spacial score (nSPS) is 12.8. The van der Waals surface area contributed by atoms with Gasteiger partial charge in [-0.3, -0.25) is 4.72 Å². The van der Waals surface area contributed by atoms with Crippen molar-refractivity contribution in [2.75, 3.05) is 22.6 Å². The molecular weight excluding hydrogens is 342 g/mol. The van der Waals surface area contributed by atoms with E-state index in [1.165, 1.54) is 6.20 Å². The molecule has 0 saturated carbocycles. The molecule has 0 bridgehead atoms. The molecule has 0 radical (unpaired) electrons. The van der Waals surface area contributed by atoms with Crippen LogP contribution in [-0.4, -0.2) is 25.9 Å². The molecule has 25 heavy (non-hydrogen) atoms. The van der Waals surface area contributed by atoms with Crippen LogP contribution in [0.2, 0.25) is 0 Å². The zero-order chi connectivity index (χ0) is 17.7. The highest BCUT2D eigenvalue weighted by atomic mass is 32.2. The second-order valence-corrected chi connectivity index (χ2v) is 7.59. The summed E-state index contributed by atoms with van der Waals surface area (Å²) in [5.41, 5.74) is 1.50. The Morgan fingerprint density at radius 3 is 2.76 bits per heavy atom. The van der Waals surface area contributed by atoms with Crippen LogP contribution in [0.1, 0.15) is 25.3 Å². The number of nitrogens with zero attached hydrogens (tertiary/aromatic N) is 1. The van der Waals surface area contributed by atoms with Crippen LogP contribution >= 0.6 is 0 Å². The lowest BCUT2D eigenvalue weighted by atomic mass is 10.2. The Kier molecular flexibility index (Phi) is 5.28. The number of pyridine rings is 1. The van der Waals surface area contributed by atoms with Crippen molar-refractivity contribution in [1.29, 1.82) is 0 Å². The van der Waals surface area contributed by atoms with Gasteiger partial charge in [-0.1, -0.05) is 19.4 Å². The molecule has 7 nitrogen and oxygen atoms in total. The average molecular weight is 363 g/mol. The van der Waals surface area contributed by atoms with Crippen LogP contribution in [0.4, 0.5) is 11.5 Å². The quantitative estimate of drug-likeness (QED) is 0.749. The third-order valence-electron chi connectivity index (χ3n) is 3.71. The van der Waals surface area contributed by atoms with Crippen molar-refractivity contribution in [3.05, 3.63) is 42.1 Å². The van der Waals surface area contributed by atoms with E-state index in [0.29, 0.717) is 24.5 Å². The monoisotopic (exact) mass is 363 g/mol. The molecule has 0 saturated heterocycles. The Balaban J connectivity index is 1.56. The van der Waals surface area contributed by atoms with E-state index >= 15 is 0 Å². The van der Waals surface area contributed by atoms with Crippen LogP contribution in [0.25, 0.3) is 0 Å². The molecule has 0 spiro atoms. The first-order valence-electron chi connectivity index (χ1n) is 8.15. The molecule has 3 rings (SSSR count). The highest BCUT2D eigenvalue weighted by Gasteiger charge is 2.13. The molecule has 1 aromatic carbocycles. The first-order valence-corrected chi connectivity index (χ1v) is 9.80. The zero-order valence-electron chi connectivity index (χ0n) is 14.0. The van der Waals surface area contributed by atoms with Crippen LogP contribution in [-0.2, 0) is 16.6 Å². The van der Waals surface area contributed by atoms with Crippen molar-refractivity contribution in [3.8, 4) is 11.5 Å². The summed E-state index contributed by atoms with van der Waals surface area (Å²) in [4.78, 5) is 4.24. The van der Waals surface area contributed by atoms with Crippen molar-refractivity contribution in [1.82, 2.24) is 4.98 Å². The zero-order valence-corrected chi connectivity index (χ0v) is 14.8. The Morgan fingerprint density at radius 2 is 2.00 bits per heavy atom. The molecule has 2 heterocycles. The van der Waals surface area contributed by atoms with Gasteiger partial charge in [0.25, 0.3) is 0 Å². The number of unbranched alkanes of at least 4 members (excludes halogenated alkanes) is 1. The molecule has 8 heteroatoms. The maximum atomic E-state index is 11.9. The van der Waals surface area contributed by atoms with E-state index in [0.717, 1.165) is 23.5 Å². The van der Waals surface area contributed by atoms with Crippen LogP contribution in [0.3, 0.4) is 0 Å². The van der Waals surface area contributed by atoms with Gasteiger partial charge >= 0.3 is 0 Å². The van der Waals surface area contributed by atoms with Crippen LogP contribution < -0.4 is 19.5 Å². The standard InChI is InChI=1S/C17H21N3O4S/c1-2-3-8-25(21,22)20-14-5-7-17(19-11-14)18-10-13-4-6-15-16(9-13)24-12-23-15/h4-7,9,11,20H,2-3,8,10,12H2,1H3,(H,18,19). The van der Waals surface area contributed by atoms with Crippen molar-refractivity contribution in [3.63, 3.8) is 0 Å². The summed E-state index contributed by atoms with van der Waals surface area (Å²) in [7, 11) is -3.31. The van der Waals surface area contributed by atoms with E-state index in [1.807, 2.05) is 25.1 Å². The minimum absolute atomic E-state index is 0.119. The van der Waals surface area contributed by atoms with E-state index in [4.69, 9.17) is 9.47 Å². The Hall–Kier alpha value is -2.48. The number of nitrogens with one attached hydrogen (secondary N) is 2. The summed E-state index contributed by atoms with van der Waals surface area (Å²) in [5, 5.41) is 3.19. The molecule has 0 unspecified atom stereocenters. The van der Waals surface area contributed by atoms with E-state index < -0.39 is 10.0 Å². The summed E-state index contributed by atoms with van der Waals surface area (Å²) in [6.07, 6.45) is 2.98. The minimum Gasteiger partial charge on any atom is -0.454 e. The average Bonchev–Trinajstić information content (AvgIpc) is 3.07. The van der Waals surface area contributed by atoms with Gasteiger partial charge in [0, 0.05) is 6.54 Å². The van der Waals surface area contributed by atoms with E-state index in [1.54, 1.807) is 12.1 Å². The number of ether oxygens (including phenoxy) is 2. The predicted octanol–water partition coefficient (Wildman–Crippen LogP) is 2.96. The van der Waals surface area contributed by atoms with Gasteiger partial charge in [0.05, 0.1) is 17.6 Å². The van der Waals surface area contributed by atoms with Crippen LogP contribution in [0.15, 0.2) is 36.5 Å². The summed E-state index contributed by atoms with van der Waals surface area (Å²) in [6.45, 7) is 2.78. The maximum Gasteiger partial charge on any atom is 0.232 e. The van der Waals surface area contributed by atoms with Crippen molar-refractivity contribution < 1.29 is 17.9 Å². The fraction of sp³-hybridized carbons (Fsp3) is 0.353. The van der Waals surface area contributed by atoms with Crippen molar-refractivity contribution >= 4 is 21.5 Å². The van der Waals surface area contributed by atoms with Gasteiger partial charge < -0.3 is 14.8 Å². The lowest BCUT2D eigenvalue weighted by Crippen LogP contribution is -2.16. The molecule has 0 aliphatic carbocycles. The summed E-state index contributed by atoms with van der Waals surface area (Å²) in [6, 6.07) is 9.19. The molecule has 1 aliphatic heterocycles. The predicted molar refractivity (Wildman–Crippen MR) is 96.4 cm³/mol. The molecule has 1 aliphatic rings. The highest BCUT2D eigenvalue weighted by Crippen LogP contribution is 2.32. The Morgan fingerprint density at radius 1 is 1.16 bits per heavy atom. The van der Waals surface area contributed by atoms with Crippen molar-refractivity contribution in [2.45, 2.75) is 26.3 Å². The molecule has 2 N–H and O–H groups in total. The van der Waals surface area contributed by atoms with Crippen molar-refractivity contribution in [2.24, 2.45) is 0 Å². The maximum absolute atomic E-state index is 11.9. The van der Waals surface area contributed by atoms with E-state index in [-0.39, 0.29) is 12.5 Å². The largest absolute Gasteiger partial charge is 0.454 e.